The third-order valence-corrected chi connectivity index (χ3v) is 2.62. The molecule has 1 atom stereocenters. The molecule has 0 aromatic carbocycles. The monoisotopic (exact) mass is 187 g/mol. The van der Waals surface area contributed by atoms with E-state index in [1.54, 1.807) is 0 Å². The second-order valence-corrected chi connectivity index (χ2v) is 3.56. The first-order valence-electron chi connectivity index (χ1n) is 5.64. The first kappa shape index (κ1) is 12.9. The van der Waals surface area contributed by atoms with Gasteiger partial charge < -0.3 is 10.0 Å². The van der Waals surface area contributed by atoms with Gasteiger partial charge in [-0.25, -0.2) is 0 Å². The van der Waals surface area contributed by atoms with Crippen molar-refractivity contribution in [1.29, 1.82) is 0 Å². The number of hydrogen-bond donors (Lipinski definition) is 1. The summed E-state index contributed by atoms with van der Waals surface area (Å²) in [5.74, 6) is 0. The highest BCUT2D eigenvalue weighted by molar-refractivity contribution is 4.68. The van der Waals surface area contributed by atoms with Crippen LogP contribution in [-0.4, -0.2) is 35.7 Å². The average molecular weight is 187 g/mol. The van der Waals surface area contributed by atoms with Gasteiger partial charge in [-0.3, -0.25) is 0 Å². The average Bonchev–Trinajstić information content (AvgIpc) is 2.17. The summed E-state index contributed by atoms with van der Waals surface area (Å²) in [4.78, 5) is 2.49. The maximum Gasteiger partial charge on any atom is 0.0443 e. The molecule has 80 valence electrons. The Morgan fingerprint density at radius 1 is 1.23 bits per heavy atom. The summed E-state index contributed by atoms with van der Waals surface area (Å²) in [5, 5.41) is 8.77. The smallest absolute Gasteiger partial charge is 0.0443 e. The van der Waals surface area contributed by atoms with Gasteiger partial charge in [-0.2, -0.15) is 0 Å². The summed E-state index contributed by atoms with van der Waals surface area (Å²) >= 11 is 0. The highest BCUT2D eigenvalue weighted by Crippen LogP contribution is 2.10. The highest BCUT2D eigenvalue weighted by Gasteiger charge is 2.12. The van der Waals surface area contributed by atoms with Crippen LogP contribution in [0.5, 0.6) is 0 Å². The Hall–Kier alpha value is -0.0800. The molecule has 0 aliphatic rings. The van der Waals surface area contributed by atoms with Gasteiger partial charge in [0.1, 0.15) is 0 Å². The van der Waals surface area contributed by atoms with Gasteiger partial charge in [-0.1, -0.05) is 27.2 Å². The zero-order valence-corrected chi connectivity index (χ0v) is 9.42. The van der Waals surface area contributed by atoms with Crippen LogP contribution in [0.4, 0.5) is 0 Å². The van der Waals surface area contributed by atoms with E-state index in [1.807, 2.05) is 0 Å². The summed E-state index contributed by atoms with van der Waals surface area (Å²) in [6, 6.07) is 0.724. The van der Waals surface area contributed by atoms with Crippen LogP contribution in [0.25, 0.3) is 0 Å². The van der Waals surface area contributed by atoms with Crippen LogP contribution in [-0.2, 0) is 0 Å². The molecule has 0 aliphatic heterocycles. The SMILES string of the molecule is CCCC(CC)N(CC)CCCO. The molecule has 2 heteroatoms. The van der Waals surface area contributed by atoms with Gasteiger partial charge in [0.2, 0.25) is 0 Å². The van der Waals surface area contributed by atoms with Crippen LogP contribution in [0.15, 0.2) is 0 Å². The van der Waals surface area contributed by atoms with Crippen molar-refractivity contribution in [2.45, 2.75) is 52.5 Å². The molecule has 0 amide bonds. The lowest BCUT2D eigenvalue weighted by molar-refractivity contribution is 0.169. The minimum atomic E-state index is 0.319. The first-order chi connectivity index (χ1) is 6.29. The predicted octanol–water partition coefficient (Wildman–Crippen LogP) is 2.27. The summed E-state index contributed by atoms with van der Waals surface area (Å²) in [6.07, 6.45) is 4.69. The van der Waals surface area contributed by atoms with Crippen molar-refractivity contribution in [3.8, 4) is 0 Å². The Bertz CT molecular complexity index is 106. The second kappa shape index (κ2) is 8.52. The summed E-state index contributed by atoms with van der Waals surface area (Å²) < 4.78 is 0. The minimum Gasteiger partial charge on any atom is -0.396 e. The Balaban J connectivity index is 3.84. The van der Waals surface area contributed by atoms with Crippen LogP contribution in [0, 0.1) is 0 Å². The van der Waals surface area contributed by atoms with Crippen molar-refractivity contribution >= 4 is 0 Å². The van der Waals surface area contributed by atoms with E-state index in [4.69, 9.17) is 5.11 Å². The Kier molecular flexibility index (Phi) is 8.46. The van der Waals surface area contributed by atoms with E-state index in [2.05, 4.69) is 25.7 Å². The molecule has 0 heterocycles. The Morgan fingerprint density at radius 2 is 1.92 bits per heavy atom. The van der Waals surface area contributed by atoms with Crippen molar-refractivity contribution in [3.05, 3.63) is 0 Å². The van der Waals surface area contributed by atoms with Gasteiger partial charge >= 0.3 is 0 Å². The summed E-state index contributed by atoms with van der Waals surface area (Å²) in [7, 11) is 0. The number of rotatable bonds is 8. The molecule has 2 nitrogen and oxygen atoms in total. The molecule has 0 radical (unpaired) electrons. The summed E-state index contributed by atoms with van der Waals surface area (Å²) in [5.41, 5.74) is 0. The van der Waals surface area contributed by atoms with Gasteiger partial charge in [0.05, 0.1) is 0 Å². The van der Waals surface area contributed by atoms with E-state index in [9.17, 15) is 0 Å². The lowest BCUT2D eigenvalue weighted by Gasteiger charge is -2.29. The van der Waals surface area contributed by atoms with E-state index in [0.717, 1.165) is 25.6 Å². The van der Waals surface area contributed by atoms with Gasteiger partial charge in [-0.15, -0.1) is 0 Å². The van der Waals surface area contributed by atoms with E-state index in [1.165, 1.54) is 19.3 Å². The van der Waals surface area contributed by atoms with Crippen LogP contribution in [0.2, 0.25) is 0 Å². The lowest BCUT2D eigenvalue weighted by atomic mass is 10.1. The molecule has 1 N–H and O–H groups in total. The molecule has 0 saturated heterocycles. The van der Waals surface area contributed by atoms with E-state index < -0.39 is 0 Å². The second-order valence-electron chi connectivity index (χ2n) is 3.56. The molecule has 0 rings (SSSR count). The van der Waals surface area contributed by atoms with E-state index >= 15 is 0 Å². The zero-order chi connectivity index (χ0) is 10.1. The van der Waals surface area contributed by atoms with Crippen LogP contribution in [0.1, 0.15) is 46.5 Å². The number of nitrogens with zero attached hydrogens (tertiary/aromatic N) is 1. The number of aliphatic hydroxyl groups excluding tert-OH is 1. The van der Waals surface area contributed by atoms with E-state index in [-0.39, 0.29) is 0 Å². The molecule has 0 fully saturated rings. The summed E-state index contributed by atoms with van der Waals surface area (Å²) in [6.45, 7) is 9.17. The molecular weight excluding hydrogens is 162 g/mol. The van der Waals surface area contributed by atoms with Crippen molar-refractivity contribution < 1.29 is 5.11 Å². The fourth-order valence-electron chi connectivity index (χ4n) is 1.85. The zero-order valence-electron chi connectivity index (χ0n) is 9.42. The van der Waals surface area contributed by atoms with Crippen LogP contribution in [0.3, 0.4) is 0 Å². The molecule has 0 saturated carbocycles. The van der Waals surface area contributed by atoms with Gasteiger partial charge in [0.15, 0.2) is 0 Å². The Labute approximate surface area is 82.9 Å². The largest absolute Gasteiger partial charge is 0.396 e. The van der Waals surface area contributed by atoms with Crippen molar-refractivity contribution in [2.24, 2.45) is 0 Å². The van der Waals surface area contributed by atoms with Gasteiger partial charge in [0, 0.05) is 19.2 Å². The minimum absolute atomic E-state index is 0.319. The standard InChI is InChI=1S/C11H25NO/c1-4-8-11(5-2)12(6-3)9-7-10-13/h11,13H,4-10H2,1-3H3. The van der Waals surface area contributed by atoms with Crippen molar-refractivity contribution in [3.63, 3.8) is 0 Å². The molecule has 0 aliphatic carbocycles. The lowest BCUT2D eigenvalue weighted by Crippen LogP contribution is -2.35. The number of aliphatic hydroxyl groups is 1. The third kappa shape index (κ3) is 5.27. The molecular formula is C11H25NO. The predicted molar refractivity (Wildman–Crippen MR) is 57.9 cm³/mol. The van der Waals surface area contributed by atoms with Crippen LogP contribution < -0.4 is 0 Å². The maximum atomic E-state index is 8.77. The molecule has 13 heavy (non-hydrogen) atoms. The van der Waals surface area contributed by atoms with Gasteiger partial charge in [0.25, 0.3) is 0 Å². The van der Waals surface area contributed by atoms with Crippen LogP contribution >= 0.6 is 0 Å². The fraction of sp³-hybridized carbons (Fsp3) is 1.00. The normalized spacial score (nSPS) is 13.6. The molecule has 0 spiro atoms. The third-order valence-electron chi connectivity index (χ3n) is 2.62. The van der Waals surface area contributed by atoms with Crippen molar-refractivity contribution in [1.82, 2.24) is 4.90 Å². The van der Waals surface area contributed by atoms with Crippen molar-refractivity contribution in [2.75, 3.05) is 19.7 Å². The van der Waals surface area contributed by atoms with Gasteiger partial charge in [-0.05, 0) is 25.8 Å². The molecule has 0 aromatic rings. The quantitative estimate of drug-likeness (QED) is 0.630. The first-order valence-corrected chi connectivity index (χ1v) is 5.64. The molecule has 0 aromatic heterocycles. The van der Waals surface area contributed by atoms with E-state index in [0.29, 0.717) is 6.61 Å². The Morgan fingerprint density at radius 3 is 2.31 bits per heavy atom. The maximum absolute atomic E-state index is 8.77. The molecule has 0 bridgehead atoms. The molecule has 1 unspecified atom stereocenters. The fourth-order valence-corrected chi connectivity index (χ4v) is 1.85. The highest BCUT2D eigenvalue weighted by atomic mass is 16.3. The topological polar surface area (TPSA) is 23.5 Å². The number of hydrogen-bond acceptors (Lipinski definition) is 2.